The van der Waals surface area contributed by atoms with E-state index in [1.165, 1.54) is 18.2 Å². The quantitative estimate of drug-likeness (QED) is 0.727. The summed E-state index contributed by atoms with van der Waals surface area (Å²) in [7, 11) is 0. The summed E-state index contributed by atoms with van der Waals surface area (Å²) < 4.78 is 38.3. The third kappa shape index (κ3) is 2.57. The van der Waals surface area contributed by atoms with Crippen molar-refractivity contribution >= 4 is 22.5 Å². The van der Waals surface area contributed by atoms with Crippen molar-refractivity contribution in [2.45, 2.75) is 6.18 Å². The van der Waals surface area contributed by atoms with Gasteiger partial charge in [-0.05, 0) is 30.3 Å². The number of benzene rings is 1. The highest BCUT2D eigenvalue weighted by Gasteiger charge is 2.31. The Morgan fingerprint density at radius 2 is 1.86 bits per heavy atom. The van der Waals surface area contributed by atoms with Gasteiger partial charge in [0.05, 0.1) is 16.3 Å². The van der Waals surface area contributed by atoms with Crippen molar-refractivity contribution in [1.82, 2.24) is 9.97 Å². The van der Waals surface area contributed by atoms with Gasteiger partial charge in [0.2, 0.25) is 5.56 Å². The lowest BCUT2D eigenvalue weighted by Crippen LogP contribution is -2.05. The number of halogens is 4. The van der Waals surface area contributed by atoms with Gasteiger partial charge in [-0.15, -0.1) is 0 Å². The molecule has 2 aromatic heterocycles. The van der Waals surface area contributed by atoms with Crippen molar-refractivity contribution in [3.63, 3.8) is 0 Å². The molecule has 3 rings (SSSR count). The zero-order chi connectivity index (χ0) is 15.9. The highest BCUT2D eigenvalue weighted by Crippen LogP contribution is 2.35. The maximum atomic E-state index is 12.8. The number of nitrogens with one attached hydrogen (secondary N) is 1. The molecule has 3 nitrogen and oxygen atoms in total. The molecule has 0 aliphatic rings. The smallest absolute Gasteiger partial charge is 0.322 e. The van der Waals surface area contributed by atoms with Crippen LogP contribution in [0.25, 0.3) is 22.2 Å². The van der Waals surface area contributed by atoms with Crippen molar-refractivity contribution in [3.05, 3.63) is 63.5 Å². The molecule has 0 bridgehead atoms. The maximum Gasteiger partial charge on any atom is 0.416 e. The number of nitrogens with zero attached hydrogens (tertiary/aromatic N) is 1. The van der Waals surface area contributed by atoms with Crippen LogP contribution in [0.5, 0.6) is 0 Å². The number of hydrogen-bond donors (Lipinski definition) is 1. The van der Waals surface area contributed by atoms with Crippen molar-refractivity contribution in [3.8, 4) is 11.3 Å². The topological polar surface area (TPSA) is 45.8 Å². The molecule has 1 N–H and O–H groups in total. The molecule has 2 heterocycles. The summed E-state index contributed by atoms with van der Waals surface area (Å²) in [6, 6.07) is 7.78. The lowest BCUT2D eigenvalue weighted by Gasteiger charge is -2.10. The molecule has 0 unspecified atom stereocenters. The van der Waals surface area contributed by atoms with Crippen LogP contribution in [0, 0.1) is 0 Å². The number of alkyl halides is 3. The van der Waals surface area contributed by atoms with E-state index in [0.717, 1.165) is 18.3 Å². The summed E-state index contributed by atoms with van der Waals surface area (Å²) in [5, 5.41) is 0.776. The van der Waals surface area contributed by atoms with Gasteiger partial charge >= 0.3 is 6.18 Å². The Morgan fingerprint density at radius 1 is 1.09 bits per heavy atom. The SMILES string of the molecule is O=c1ccc2c(Cl)c(-c3cc(C(F)(F)F)ccn3)ccc2[nH]1. The summed E-state index contributed by atoms with van der Waals surface area (Å²) in [5.41, 5.74) is -0.0860. The van der Waals surface area contributed by atoms with E-state index in [-0.39, 0.29) is 16.3 Å². The van der Waals surface area contributed by atoms with E-state index in [1.807, 2.05) is 0 Å². The van der Waals surface area contributed by atoms with E-state index >= 15 is 0 Å². The fraction of sp³-hybridized carbons (Fsp3) is 0.0667. The molecule has 112 valence electrons. The molecule has 0 radical (unpaired) electrons. The number of rotatable bonds is 1. The van der Waals surface area contributed by atoms with Crippen molar-refractivity contribution in [2.24, 2.45) is 0 Å². The fourth-order valence-corrected chi connectivity index (χ4v) is 2.47. The van der Waals surface area contributed by atoms with E-state index in [2.05, 4.69) is 9.97 Å². The Balaban J connectivity index is 2.21. The van der Waals surface area contributed by atoms with E-state index in [9.17, 15) is 18.0 Å². The molecule has 0 atom stereocenters. The molecule has 7 heteroatoms. The van der Waals surface area contributed by atoms with Gasteiger partial charge in [-0.25, -0.2) is 0 Å². The highest BCUT2D eigenvalue weighted by atomic mass is 35.5. The van der Waals surface area contributed by atoms with Crippen molar-refractivity contribution in [2.75, 3.05) is 0 Å². The lowest BCUT2D eigenvalue weighted by atomic mass is 10.1. The Hall–Kier alpha value is -2.34. The lowest BCUT2D eigenvalue weighted by molar-refractivity contribution is -0.137. The van der Waals surface area contributed by atoms with Crippen molar-refractivity contribution < 1.29 is 13.2 Å². The fourth-order valence-electron chi connectivity index (χ4n) is 2.15. The van der Waals surface area contributed by atoms with E-state index in [4.69, 9.17) is 11.6 Å². The van der Waals surface area contributed by atoms with Gasteiger partial charge in [0, 0.05) is 28.7 Å². The largest absolute Gasteiger partial charge is 0.416 e. The van der Waals surface area contributed by atoms with Gasteiger partial charge in [-0.2, -0.15) is 13.2 Å². The van der Waals surface area contributed by atoms with Crippen molar-refractivity contribution in [1.29, 1.82) is 0 Å². The molecule has 0 spiro atoms. The van der Waals surface area contributed by atoms with Gasteiger partial charge in [0.25, 0.3) is 0 Å². The molecule has 0 saturated carbocycles. The molecule has 0 aliphatic heterocycles. The van der Waals surface area contributed by atoms with Crippen LogP contribution in [0.1, 0.15) is 5.56 Å². The van der Waals surface area contributed by atoms with Gasteiger partial charge in [0.1, 0.15) is 0 Å². The number of fused-ring (bicyclic) bond motifs is 1. The Morgan fingerprint density at radius 3 is 2.59 bits per heavy atom. The number of aromatic amines is 1. The highest BCUT2D eigenvalue weighted by molar-refractivity contribution is 6.38. The van der Waals surface area contributed by atoms with Crippen LogP contribution in [0.3, 0.4) is 0 Å². The van der Waals surface area contributed by atoms with Crippen LogP contribution in [0.15, 0.2) is 47.4 Å². The predicted molar refractivity (Wildman–Crippen MR) is 77.8 cm³/mol. The first-order chi connectivity index (χ1) is 10.4. The molecular formula is C15H8ClF3N2O. The standard InChI is InChI=1S/C15H8ClF3N2O/c16-14-9-2-4-13(22)21-11(9)3-1-10(14)12-7-8(5-6-20-12)15(17,18)19/h1-7H,(H,21,22). The minimum absolute atomic E-state index is 0.118. The second kappa shape index (κ2) is 5.14. The first-order valence-corrected chi connectivity index (χ1v) is 6.59. The summed E-state index contributed by atoms with van der Waals surface area (Å²) in [4.78, 5) is 17.8. The average Bonchev–Trinajstić information content (AvgIpc) is 2.46. The molecular weight excluding hydrogens is 317 g/mol. The first kappa shape index (κ1) is 14.6. The van der Waals surface area contributed by atoms with Gasteiger partial charge < -0.3 is 4.98 Å². The number of H-pyrrole nitrogens is 1. The molecule has 0 saturated heterocycles. The maximum absolute atomic E-state index is 12.8. The molecule has 3 aromatic rings. The van der Waals surface area contributed by atoms with Crippen LogP contribution < -0.4 is 5.56 Å². The van der Waals surface area contributed by atoms with Gasteiger partial charge in [0.15, 0.2) is 0 Å². The van der Waals surface area contributed by atoms with Crippen LogP contribution in [-0.4, -0.2) is 9.97 Å². The third-order valence-corrected chi connectivity index (χ3v) is 3.61. The van der Waals surface area contributed by atoms with Gasteiger partial charge in [-0.1, -0.05) is 11.6 Å². The molecule has 0 amide bonds. The Kier molecular flexibility index (Phi) is 3.41. The van der Waals surface area contributed by atoms with E-state index in [1.54, 1.807) is 6.07 Å². The van der Waals surface area contributed by atoms with Gasteiger partial charge in [-0.3, -0.25) is 9.78 Å². The Bertz CT molecular complexity index is 919. The van der Waals surface area contributed by atoms with E-state index < -0.39 is 11.7 Å². The third-order valence-electron chi connectivity index (χ3n) is 3.20. The predicted octanol–water partition coefficient (Wildman–Crippen LogP) is 4.26. The molecule has 1 aromatic carbocycles. The summed E-state index contributed by atoms with van der Waals surface area (Å²) in [5.74, 6) is 0. The van der Waals surface area contributed by atoms with Crippen LogP contribution in [-0.2, 0) is 6.18 Å². The second-order valence-corrected chi connectivity index (χ2v) is 5.02. The summed E-state index contributed by atoms with van der Waals surface area (Å²) in [6.07, 6.45) is -3.36. The van der Waals surface area contributed by atoms with E-state index in [0.29, 0.717) is 16.5 Å². The zero-order valence-corrected chi connectivity index (χ0v) is 11.7. The Labute approximate surface area is 127 Å². The number of pyridine rings is 2. The molecule has 0 fully saturated rings. The first-order valence-electron chi connectivity index (χ1n) is 6.21. The normalized spacial score (nSPS) is 11.8. The summed E-state index contributed by atoms with van der Waals surface area (Å²) >= 11 is 6.25. The average molecular weight is 325 g/mol. The van der Waals surface area contributed by atoms with Crippen LogP contribution in [0.2, 0.25) is 5.02 Å². The zero-order valence-electron chi connectivity index (χ0n) is 10.9. The van der Waals surface area contributed by atoms with Crippen LogP contribution in [0.4, 0.5) is 13.2 Å². The summed E-state index contributed by atoms with van der Waals surface area (Å²) in [6.45, 7) is 0. The number of hydrogen-bond acceptors (Lipinski definition) is 2. The van der Waals surface area contributed by atoms with Crippen LogP contribution >= 0.6 is 11.6 Å². The minimum Gasteiger partial charge on any atom is -0.322 e. The number of aromatic nitrogens is 2. The minimum atomic E-state index is -4.45. The second-order valence-electron chi connectivity index (χ2n) is 4.64. The molecule has 22 heavy (non-hydrogen) atoms. The molecule has 0 aliphatic carbocycles. The monoisotopic (exact) mass is 324 g/mol.